The zero-order valence-electron chi connectivity index (χ0n) is 17.1. The van der Waals surface area contributed by atoms with Crippen LogP contribution in [0.1, 0.15) is 36.8 Å². The number of aromatic nitrogens is 3. The van der Waals surface area contributed by atoms with Gasteiger partial charge in [0.25, 0.3) is 11.8 Å². The van der Waals surface area contributed by atoms with E-state index in [1.54, 1.807) is 41.2 Å². The molecule has 162 valence electrons. The second-order valence-electron chi connectivity index (χ2n) is 7.79. The normalized spacial score (nSPS) is 15.5. The first-order valence-electron chi connectivity index (χ1n) is 9.98. The Labute approximate surface area is 177 Å². The molecular formula is C22H22F3N5O. The Bertz CT molecular complexity index is 1110. The van der Waals surface area contributed by atoms with E-state index in [1.165, 1.54) is 17.2 Å². The van der Waals surface area contributed by atoms with Crippen LogP contribution in [0, 0.1) is 5.82 Å². The first-order chi connectivity index (χ1) is 14.7. The zero-order valence-corrected chi connectivity index (χ0v) is 17.1. The molecule has 0 unspecified atom stereocenters. The second kappa shape index (κ2) is 8.05. The van der Waals surface area contributed by atoms with Crippen molar-refractivity contribution in [1.29, 1.82) is 0 Å². The van der Waals surface area contributed by atoms with E-state index in [0.717, 1.165) is 0 Å². The minimum absolute atomic E-state index is 0.0660. The van der Waals surface area contributed by atoms with Gasteiger partial charge in [-0.15, -0.1) is 0 Å². The molecule has 4 rings (SSSR count). The van der Waals surface area contributed by atoms with Crippen LogP contribution in [0.15, 0.2) is 48.8 Å². The largest absolute Gasteiger partial charge is 0.349 e. The van der Waals surface area contributed by atoms with Crippen LogP contribution in [-0.4, -0.2) is 39.7 Å². The molecule has 3 aromatic rings. The first-order valence-corrected chi connectivity index (χ1v) is 9.98. The Hall–Kier alpha value is -3.36. The van der Waals surface area contributed by atoms with Gasteiger partial charge in [0.2, 0.25) is 0 Å². The van der Waals surface area contributed by atoms with Crippen LogP contribution < -0.4 is 10.2 Å². The second-order valence-corrected chi connectivity index (χ2v) is 7.79. The van der Waals surface area contributed by atoms with Gasteiger partial charge in [-0.05, 0) is 32.0 Å². The fourth-order valence-corrected chi connectivity index (χ4v) is 3.56. The lowest BCUT2D eigenvalue weighted by Crippen LogP contribution is -2.27. The van der Waals surface area contributed by atoms with Gasteiger partial charge in [-0.3, -0.25) is 9.48 Å². The van der Waals surface area contributed by atoms with Crippen LogP contribution in [0.4, 0.5) is 24.7 Å². The van der Waals surface area contributed by atoms with Crippen LogP contribution in [0.2, 0.25) is 0 Å². The summed E-state index contributed by atoms with van der Waals surface area (Å²) in [6, 6.07) is 9.27. The van der Waals surface area contributed by atoms with Crippen molar-refractivity contribution >= 4 is 17.4 Å². The maximum atomic E-state index is 14.6. The van der Waals surface area contributed by atoms with Gasteiger partial charge in [-0.2, -0.15) is 5.10 Å². The summed E-state index contributed by atoms with van der Waals surface area (Å²) >= 11 is 0. The summed E-state index contributed by atoms with van der Waals surface area (Å²) in [4.78, 5) is 18.6. The van der Waals surface area contributed by atoms with Crippen molar-refractivity contribution in [2.45, 2.75) is 32.2 Å². The molecule has 0 atom stereocenters. The quantitative estimate of drug-likeness (QED) is 0.635. The average molecular weight is 429 g/mol. The van der Waals surface area contributed by atoms with Gasteiger partial charge < -0.3 is 10.2 Å². The molecule has 2 aromatic heterocycles. The number of benzene rings is 1. The lowest BCUT2D eigenvalue weighted by molar-refractivity contribution is 0.0257. The smallest absolute Gasteiger partial charge is 0.276 e. The van der Waals surface area contributed by atoms with Crippen molar-refractivity contribution in [2.75, 3.05) is 23.3 Å². The van der Waals surface area contributed by atoms with E-state index in [0.29, 0.717) is 5.56 Å². The summed E-state index contributed by atoms with van der Waals surface area (Å²) in [5, 5.41) is 7.00. The number of carbonyl (C=O) groups is 1. The van der Waals surface area contributed by atoms with Gasteiger partial charge in [0.1, 0.15) is 5.82 Å². The molecule has 3 heterocycles. The highest BCUT2D eigenvalue weighted by Gasteiger charge is 2.40. The van der Waals surface area contributed by atoms with Gasteiger partial charge in [0.05, 0.1) is 12.2 Å². The van der Waals surface area contributed by atoms with E-state index in [2.05, 4.69) is 15.4 Å². The van der Waals surface area contributed by atoms with E-state index in [1.807, 2.05) is 13.8 Å². The molecule has 1 aromatic carbocycles. The van der Waals surface area contributed by atoms with Gasteiger partial charge in [-0.1, -0.05) is 18.2 Å². The zero-order chi connectivity index (χ0) is 22.2. The Morgan fingerprint density at radius 2 is 1.94 bits per heavy atom. The summed E-state index contributed by atoms with van der Waals surface area (Å²) in [5.41, 5.74) is 0.930. The number of anilines is 2. The van der Waals surface area contributed by atoms with Crippen molar-refractivity contribution < 1.29 is 18.0 Å². The molecule has 1 amide bonds. The van der Waals surface area contributed by atoms with Crippen molar-refractivity contribution in [3.63, 3.8) is 0 Å². The van der Waals surface area contributed by atoms with Crippen LogP contribution in [0.3, 0.4) is 0 Å². The van der Waals surface area contributed by atoms with Crippen LogP contribution >= 0.6 is 0 Å². The maximum absolute atomic E-state index is 14.6. The summed E-state index contributed by atoms with van der Waals surface area (Å²) in [5.74, 6) is -3.70. The third-order valence-electron chi connectivity index (χ3n) is 5.17. The highest BCUT2D eigenvalue weighted by molar-refractivity contribution is 6.07. The molecular weight excluding hydrogens is 407 g/mol. The highest BCUT2D eigenvalue weighted by Crippen LogP contribution is 2.39. The molecule has 9 heteroatoms. The fourth-order valence-electron chi connectivity index (χ4n) is 3.56. The molecule has 1 fully saturated rings. The molecule has 1 saturated heterocycles. The van der Waals surface area contributed by atoms with E-state index in [4.69, 9.17) is 0 Å². The minimum Gasteiger partial charge on any atom is -0.349 e. The molecule has 0 spiro atoms. The van der Waals surface area contributed by atoms with Crippen molar-refractivity contribution in [2.24, 2.45) is 0 Å². The molecule has 0 saturated carbocycles. The number of alkyl halides is 2. The Balaban J connectivity index is 1.77. The van der Waals surface area contributed by atoms with Gasteiger partial charge in [-0.25, -0.2) is 18.2 Å². The van der Waals surface area contributed by atoms with Crippen molar-refractivity contribution in [3.05, 3.63) is 60.3 Å². The standard InChI is InChI=1S/C22H22F3N5O/c1-14(2)30-11-8-18(28-30)21(31)27-19-16(15-5-3-4-6-17(15)23)7-10-26-20(19)29-12-9-22(24,25)13-29/h3-8,10-11,14H,9,12-13H2,1-2H3,(H,27,31). The summed E-state index contributed by atoms with van der Waals surface area (Å²) in [6.45, 7) is 3.41. The highest BCUT2D eigenvalue weighted by atomic mass is 19.3. The molecule has 1 aliphatic heterocycles. The van der Waals surface area contributed by atoms with Crippen molar-refractivity contribution in [3.8, 4) is 11.1 Å². The number of hydrogen-bond acceptors (Lipinski definition) is 4. The molecule has 6 nitrogen and oxygen atoms in total. The van der Waals surface area contributed by atoms with E-state index in [-0.39, 0.29) is 41.8 Å². The van der Waals surface area contributed by atoms with E-state index >= 15 is 0 Å². The van der Waals surface area contributed by atoms with E-state index < -0.39 is 24.2 Å². The van der Waals surface area contributed by atoms with Crippen LogP contribution in [0.25, 0.3) is 11.1 Å². The predicted molar refractivity (Wildman–Crippen MR) is 112 cm³/mol. The molecule has 1 aliphatic rings. The third-order valence-corrected chi connectivity index (χ3v) is 5.17. The van der Waals surface area contributed by atoms with Crippen molar-refractivity contribution in [1.82, 2.24) is 14.8 Å². The van der Waals surface area contributed by atoms with Crippen LogP contribution in [-0.2, 0) is 0 Å². The Kier molecular flexibility index (Phi) is 5.43. The number of carbonyl (C=O) groups excluding carboxylic acids is 1. The number of amides is 1. The average Bonchev–Trinajstić information content (AvgIpc) is 3.35. The van der Waals surface area contributed by atoms with E-state index in [9.17, 15) is 18.0 Å². The lowest BCUT2D eigenvalue weighted by atomic mass is 10.0. The fraction of sp³-hybridized carbons (Fsp3) is 0.318. The number of nitrogens with zero attached hydrogens (tertiary/aromatic N) is 4. The van der Waals surface area contributed by atoms with Gasteiger partial charge >= 0.3 is 0 Å². The Morgan fingerprint density at radius 3 is 2.58 bits per heavy atom. The number of halogens is 3. The minimum atomic E-state index is -2.85. The number of nitrogens with one attached hydrogen (secondary N) is 1. The lowest BCUT2D eigenvalue weighted by Gasteiger charge is -2.23. The molecule has 0 radical (unpaired) electrons. The van der Waals surface area contributed by atoms with Gasteiger partial charge in [0, 0.05) is 42.5 Å². The summed E-state index contributed by atoms with van der Waals surface area (Å²) in [7, 11) is 0. The topological polar surface area (TPSA) is 63.1 Å². The summed E-state index contributed by atoms with van der Waals surface area (Å²) in [6.07, 6.45) is 2.80. The summed E-state index contributed by atoms with van der Waals surface area (Å²) < 4.78 is 43.9. The Morgan fingerprint density at radius 1 is 1.16 bits per heavy atom. The van der Waals surface area contributed by atoms with Gasteiger partial charge in [0.15, 0.2) is 11.5 Å². The molecule has 0 bridgehead atoms. The molecule has 0 aliphatic carbocycles. The number of hydrogen-bond donors (Lipinski definition) is 1. The maximum Gasteiger partial charge on any atom is 0.276 e. The third kappa shape index (κ3) is 4.26. The molecule has 31 heavy (non-hydrogen) atoms. The predicted octanol–water partition coefficient (Wildman–Crippen LogP) is 4.76. The number of rotatable bonds is 5. The molecule has 1 N–H and O–H groups in total. The number of pyridine rings is 1. The van der Waals surface area contributed by atoms with Crippen LogP contribution in [0.5, 0.6) is 0 Å². The SMILES string of the molecule is CC(C)n1ccc(C(=O)Nc2c(-c3ccccc3F)ccnc2N2CCC(F)(F)C2)n1. The first kappa shape index (κ1) is 20.9. The monoisotopic (exact) mass is 429 g/mol.